The number of rotatable bonds is 1. The number of aromatic amines is 1. The Labute approximate surface area is 92.9 Å². The van der Waals surface area contributed by atoms with E-state index in [1.165, 1.54) is 5.56 Å². The van der Waals surface area contributed by atoms with Crippen LogP contribution in [0.4, 0.5) is 5.69 Å². The largest absolute Gasteiger partial charge is 0.399 e. The molecule has 0 atom stereocenters. The molecule has 3 nitrogen and oxygen atoms in total. The topological polar surface area (TPSA) is 54.7 Å². The molecule has 0 fully saturated rings. The number of benzene rings is 2. The van der Waals surface area contributed by atoms with Gasteiger partial charge in [0.25, 0.3) is 0 Å². The maximum Gasteiger partial charge on any atom is 0.0656 e. The van der Waals surface area contributed by atoms with Crippen molar-refractivity contribution in [3.63, 3.8) is 0 Å². The van der Waals surface area contributed by atoms with E-state index in [2.05, 4.69) is 16.3 Å². The van der Waals surface area contributed by atoms with Crippen molar-refractivity contribution < 1.29 is 0 Å². The Morgan fingerprint density at radius 1 is 1.00 bits per heavy atom. The van der Waals surface area contributed by atoms with E-state index in [0.717, 1.165) is 22.2 Å². The predicted octanol–water partition coefficient (Wildman–Crippen LogP) is 2.81. The van der Waals surface area contributed by atoms with Gasteiger partial charge in [0.2, 0.25) is 0 Å². The molecule has 3 heteroatoms. The van der Waals surface area contributed by atoms with E-state index in [1.54, 1.807) is 0 Å². The highest BCUT2D eigenvalue weighted by Gasteiger charge is 2.04. The summed E-state index contributed by atoms with van der Waals surface area (Å²) in [6, 6.07) is 14.0. The summed E-state index contributed by atoms with van der Waals surface area (Å²) in [7, 11) is 0. The van der Waals surface area contributed by atoms with E-state index >= 15 is 0 Å². The van der Waals surface area contributed by atoms with Gasteiger partial charge in [-0.15, -0.1) is 0 Å². The van der Waals surface area contributed by atoms with Crippen LogP contribution < -0.4 is 5.73 Å². The van der Waals surface area contributed by atoms with Crippen LogP contribution >= 0.6 is 0 Å². The van der Waals surface area contributed by atoms with Gasteiger partial charge in [-0.2, -0.15) is 5.10 Å². The standard InChI is InChI=1S/C13H11N3/c14-10-6-4-9(5-7-10)11-2-1-3-13-12(11)8-15-16-13/h1-8H,14H2,(H,15,16). The number of nitrogens with zero attached hydrogens (tertiary/aromatic N) is 1. The van der Waals surface area contributed by atoms with Gasteiger partial charge in [0, 0.05) is 11.1 Å². The Hall–Kier alpha value is -2.29. The smallest absolute Gasteiger partial charge is 0.0656 e. The molecule has 0 bridgehead atoms. The van der Waals surface area contributed by atoms with Crippen LogP contribution in [0.1, 0.15) is 0 Å². The Balaban J connectivity index is 2.25. The van der Waals surface area contributed by atoms with Gasteiger partial charge < -0.3 is 5.73 Å². The second kappa shape index (κ2) is 3.38. The predicted molar refractivity (Wildman–Crippen MR) is 65.9 cm³/mol. The van der Waals surface area contributed by atoms with Crippen LogP contribution in [0.3, 0.4) is 0 Å². The average Bonchev–Trinajstić information content (AvgIpc) is 2.78. The lowest BCUT2D eigenvalue weighted by Gasteiger charge is -2.03. The molecule has 0 aliphatic heterocycles. The minimum Gasteiger partial charge on any atom is -0.399 e. The number of H-pyrrole nitrogens is 1. The van der Waals surface area contributed by atoms with Gasteiger partial charge in [0.05, 0.1) is 11.7 Å². The number of nitrogens with two attached hydrogens (primary N) is 1. The van der Waals surface area contributed by atoms with Gasteiger partial charge in [-0.1, -0.05) is 24.3 Å². The van der Waals surface area contributed by atoms with Crippen molar-refractivity contribution >= 4 is 16.6 Å². The summed E-state index contributed by atoms with van der Waals surface area (Å²) in [4.78, 5) is 0. The van der Waals surface area contributed by atoms with Gasteiger partial charge in [-0.25, -0.2) is 0 Å². The van der Waals surface area contributed by atoms with Crippen molar-refractivity contribution in [2.75, 3.05) is 5.73 Å². The molecule has 0 aliphatic rings. The van der Waals surface area contributed by atoms with E-state index in [1.807, 2.05) is 42.6 Å². The Morgan fingerprint density at radius 3 is 2.62 bits per heavy atom. The first-order chi connectivity index (χ1) is 7.84. The molecule has 0 saturated heterocycles. The van der Waals surface area contributed by atoms with Crippen LogP contribution in [-0.4, -0.2) is 10.2 Å². The zero-order valence-electron chi connectivity index (χ0n) is 8.64. The number of anilines is 1. The van der Waals surface area contributed by atoms with E-state index in [-0.39, 0.29) is 0 Å². The normalized spacial score (nSPS) is 10.8. The molecule has 0 unspecified atom stereocenters. The van der Waals surface area contributed by atoms with Crippen LogP contribution in [0.5, 0.6) is 0 Å². The molecular weight excluding hydrogens is 198 g/mol. The first-order valence-electron chi connectivity index (χ1n) is 5.12. The van der Waals surface area contributed by atoms with E-state index in [0.29, 0.717) is 0 Å². The zero-order valence-corrected chi connectivity index (χ0v) is 8.64. The van der Waals surface area contributed by atoms with E-state index < -0.39 is 0 Å². The molecule has 0 saturated carbocycles. The van der Waals surface area contributed by atoms with Crippen molar-refractivity contribution in [3.8, 4) is 11.1 Å². The maximum atomic E-state index is 5.68. The number of aromatic nitrogens is 2. The number of hydrogen-bond acceptors (Lipinski definition) is 2. The van der Waals surface area contributed by atoms with Crippen LogP contribution in [-0.2, 0) is 0 Å². The third kappa shape index (κ3) is 1.34. The fourth-order valence-electron chi connectivity index (χ4n) is 1.88. The molecule has 3 aromatic rings. The summed E-state index contributed by atoms with van der Waals surface area (Å²) in [5.74, 6) is 0. The molecule has 0 amide bonds. The van der Waals surface area contributed by atoms with Gasteiger partial charge in [-0.05, 0) is 29.3 Å². The minimum absolute atomic E-state index is 0.781. The summed E-state index contributed by atoms with van der Waals surface area (Å²) in [5, 5.41) is 8.15. The number of nitrogens with one attached hydrogen (secondary N) is 1. The number of hydrogen-bond donors (Lipinski definition) is 2. The monoisotopic (exact) mass is 209 g/mol. The molecule has 1 aromatic heterocycles. The maximum absolute atomic E-state index is 5.68. The van der Waals surface area contributed by atoms with Crippen LogP contribution in [0.25, 0.3) is 22.0 Å². The van der Waals surface area contributed by atoms with Crippen molar-refractivity contribution in [2.45, 2.75) is 0 Å². The third-order valence-electron chi connectivity index (χ3n) is 2.71. The van der Waals surface area contributed by atoms with Crippen molar-refractivity contribution in [3.05, 3.63) is 48.7 Å². The molecular formula is C13H11N3. The van der Waals surface area contributed by atoms with Gasteiger partial charge in [0.15, 0.2) is 0 Å². The number of fused-ring (bicyclic) bond motifs is 1. The van der Waals surface area contributed by atoms with Crippen LogP contribution in [0, 0.1) is 0 Å². The molecule has 16 heavy (non-hydrogen) atoms. The lowest BCUT2D eigenvalue weighted by atomic mass is 10.0. The molecule has 78 valence electrons. The second-order valence-corrected chi connectivity index (χ2v) is 3.76. The highest BCUT2D eigenvalue weighted by atomic mass is 15.1. The minimum atomic E-state index is 0.781. The summed E-state index contributed by atoms with van der Waals surface area (Å²) in [6.07, 6.45) is 1.85. The first-order valence-corrected chi connectivity index (χ1v) is 5.12. The van der Waals surface area contributed by atoms with Gasteiger partial charge in [-0.3, -0.25) is 5.10 Å². The van der Waals surface area contributed by atoms with Gasteiger partial charge in [0.1, 0.15) is 0 Å². The highest BCUT2D eigenvalue weighted by molar-refractivity contribution is 5.94. The Kier molecular flexibility index (Phi) is 1.90. The van der Waals surface area contributed by atoms with Crippen molar-refractivity contribution in [1.29, 1.82) is 0 Å². The SMILES string of the molecule is Nc1ccc(-c2cccc3[nH]ncc23)cc1. The number of nitrogen functional groups attached to an aromatic ring is 1. The first kappa shape index (κ1) is 8.97. The molecule has 0 aliphatic carbocycles. The second-order valence-electron chi connectivity index (χ2n) is 3.76. The highest BCUT2D eigenvalue weighted by Crippen LogP contribution is 2.27. The third-order valence-corrected chi connectivity index (χ3v) is 2.71. The van der Waals surface area contributed by atoms with Crippen molar-refractivity contribution in [1.82, 2.24) is 10.2 Å². The zero-order chi connectivity index (χ0) is 11.0. The molecule has 1 heterocycles. The quantitative estimate of drug-likeness (QED) is 0.605. The average molecular weight is 209 g/mol. The Morgan fingerprint density at radius 2 is 1.81 bits per heavy atom. The molecule has 0 spiro atoms. The Bertz CT molecular complexity index is 623. The summed E-state index contributed by atoms with van der Waals surface area (Å²) >= 11 is 0. The fourth-order valence-corrected chi connectivity index (χ4v) is 1.88. The molecule has 3 N–H and O–H groups in total. The van der Waals surface area contributed by atoms with Crippen molar-refractivity contribution in [2.24, 2.45) is 0 Å². The lowest BCUT2D eigenvalue weighted by molar-refractivity contribution is 1.12. The summed E-state index contributed by atoms with van der Waals surface area (Å²) < 4.78 is 0. The van der Waals surface area contributed by atoms with E-state index in [9.17, 15) is 0 Å². The van der Waals surface area contributed by atoms with Crippen LogP contribution in [0.2, 0.25) is 0 Å². The molecule has 2 aromatic carbocycles. The lowest BCUT2D eigenvalue weighted by Crippen LogP contribution is -1.84. The van der Waals surface area contributed by atoms with E-state index in [4.69, 9.17) is 5.73 Å². The molecule has 0 radical (unpaired) electrons. The fraction of sp³-hybridized carbons (Fsp3) is 0. The summed E-state index contributed by atoms with van der Waals surface area (Å²) in [6.45, 7) is 0. The van der Waals surface area contributed by atoms with Crippen LogP contribution in [0.15, 0.2) is 48.7 Å². The summed E-state index contributed by atoms with van der Waals surface area (Å²) in [5.41, 5.74) is 9.84. The molecule has 3 rings (SSSR count). The van der Waals surface area contributed by atoms with Gasteiger partial charge >= 0.3 is 0 Å².